The molecule has 0 aromatic rings. The first-order valence-corrected chi connectivity index (χ1v) is 37.7. The first-order chi connectivity index (χ1) is 41.0. The third-order valence-electron chi connectivity index (χ3n) is 17.7. The summed E-state index contributed by atoms with van der Waals surface area (Å²) in [6.07, 6.45) is 93.6. The highest BCUT2D eigenvalue weighted by atomic mass is 16.5. The quantitative estimate of drug-likeness (QED) is 0.0320. The van der Waals surface area contributed by atoms with E-state index in [1.807, 2.05) is 0 Å². The van der Waals surface area contributed by atoms with Crippen molar-refractivity contribution in [3.8, 4) is 0 Å². The summed E-state index contributed by atoms with van der Waals surface area (Å²) in [5, 5.41) is 23.4. The standard InChI is InChI=1S/C77H147NO5/c1-3-5-7-9-11-13-15-17-18-19-37-40-43-46-49-53-57-61-65-69-75(80)74(73-79)78-76(81)70-66-62-58-54-50-47-44-41-38-35-33-31-29-27-25-23-21-20-22-24-26-28-30-32-34-36-39-42-45-48-52-56-60-64-68-72-83-77(82)71-67-63-59-55-51-16-14-12-10-8-6-4-2/h12,14,22,24,28,30,74-75,79-80H,3-11,13,15-21,23,25-27,29,31-73H2,1-2H3,(H,78,81)/b14-12-,24-22-,30-28-. The predicted molar refractivity (Wildman–Crippen MR) is 366 cm³/mol. The molecule has 490 valence electrons. The topological polar surface area (TPSA) is 95.9 Å². The van der Waals surface area contributed by atoms with Crippen LogP contribution in [0.3, 0.4) is 0 Å². The molecule has 3 N–H and O–H groups in total. The summed E-state index contributed by atoms with van der Waals surface area (Å²) in [4.78, 5) is 24.6. The molecule has 0 aliphatic heterocycles. The minimum atomic E-state index is -0.663. The molecule has 0 fully saturated rings. The van der Waals surface area contributed by atoms with Gasteiger partial charge in [-0.05, 0) is 83.5 Å². The van der Waals surface area contributed by atoms with Crippen LogP contribution in [-0.2, 0) is 14.3 Å². The Morgan fingerprint density at radius 3 is 0.952 bits per heavy atom. The maximum Gasteiger partial charge on any atom is 0.305 e. The number of rotatable bonds is 71. The molecule has 6 heteroatoms. The molecule has 0 spiro atoms. The van der Waals surface area contributed by atoms with Crippen molar-refractivity contribution in [2.75, 3.05) is 13.2 Å². The lowest BCUT2D eigenvalue weighted by molar-refractivity contribution is -0.143. The fourth-order valence-electron chi connectivity index (χ4n) is 11.9. The number of aliphatic hydroxyl groups is 2. The van der Waals surface area contributed by atoms with Crippen molar-refractivity contribution in [1.82, 2.24) is 5.32 Å². The molecule has 0 heterocycles. The van der Waals surface area contributed by atoms with Gasteiger partial charge < -0.3 is 20.3 Å². The van der Waals surface area contributed by atoms with Gasteiger partial charge in [0, 0.05) is 12.8 Å². The van der Waals surface area contributed by atoms with Crippen molar-refractivity contribution < 1.29 is 24.5 Å². The molecule has 2 unspecified atom stereocenters. The second kappa shape index (κ2) is 72.6. The normalized spacial score (nSPS) is 12.7. The number of allylic oxidation sites excluding steroid dienone is 6. The third kappa shape index (κ3) is 69.1. The van der Waals surface area contributed by atoms with Crippen LogP contribution in [0.2, 0.25) is 0 Å². The first kappa shape index (κ1) is 81.1. The second-order valence-corrected chi connectivity index (χ2v) is 26.0. The summed E-state index contributed by atoms with van der Waals surface area (Å²) in [5.74, 6) is -0.0214. The van der Waals surface area contributed by atoms with Crippen LogP contribution in [0.15, 0.2) is 36.5 Å². The molecule has 0 bridgehead atoms. The Morgan fingerprint density at radius 2 is 0.602 bits per heavy atom. The van der Waals surface area contributed by atoms with Crippen LogP contribution < -0.4 is 5.32 Å². The third-order valence-corrected chi connectivity index (χ3v) is 17.7. The summed E-state index contributed by atoms with van der Waals surface area (Å²) >= 11 is 0. The summed E-state index contributed by atoms with van der Waals surface area (Å²) in [6.45, 7) is 4.96. The monoisotopic (exact) mass is 1170 g/mol. The van der Waals surface area contributed by atoms with E-state index in [2.05, 4.69) is 55.6 Å². The van der Waals surface area contributed by atoms with Gasteiger partial charge in [0.1, 0.15) is 0 Å². The van der Waals surface area contributed by atoms with Crippen molar-refractivity contribution >= 4 is 11.9 Å². The van der Waals surface area contributed by atoms with E-state index in [1.165, 1.54) is 334 Å². The van der Waals surface area contributed by atoms with E-state index in [9.17, 15) is 19.8 Å². The molecule has 83 heavy (non-hydrogen) atoms. The molecule has 0 aromatic carbocycles. The highest BCUT2D eigenvalue weighted by Crippen LogP contribution is 2.19. The minimum absolute atomic E-state index is 0.00707. The number of nitrogens with one attached hydrogen (secondary N) is 1. The van der Waals surface area contributed by atoms with Crippen molar-refractivity contribution in [2.24, 2.45) is 0 Å². The smallest absolute Gasteiger partial charge is 0.305 e. The zero-order valence-corrected chi connectivity index (χ0v) is 56.2. The lowest BCUT2D eigenvalue weighted by Gasteiger charge is -2.22. The van der Waals surface area contributed by atoms with E-state index >= 15 is 0 Å². The zero-order valence-electron chi connectivity index (χ0n) is 56.2. The van der Waals surface area contributed by atoms with Gasteiger partial charge in [-0.2, -0.15) is 0 Å². The van der Waals surface area contributed by atoms with Crippen LogP contribution in [-0.4, -0.2) is 47.4 Å². The van der Waals surface area contributed by atoms with Crippen LogP contribution in [0, 0.1) is 0 Å². The highest BCUT2D eigenvalue weighted by molar-refractivity contribution is 5.76. The minimum Gasteiger partial charge on any atom is -0.466 e. The van der Waals surface area contributed by atoms with Gasteiger partial charge in [-0.3, -0.25) is 9.59 Å². The second-order valence-electron chi connectivity index (χ2n) is 26.0. The maximum absolute atomic E-state index is 12.5. The van der Waals surface area contributed by atoms with Crippen LogP contribution in [0.4, 0.5) is 0 Å². The lowest BCUT2D eigenvalue weighted by Crippen LogP contribution is -2.45. The molecule has 0 saturated heterocycles. The lowest BCUT2D eigenvalue weighted by atomic mass is 10.0. The van der Waals surface area contributed by atoms with Crippen LogP contribution in [0.5, 0.6) is 0 Å². The molecular weight excluding hydrogens is 1020 g/mol. The van der Waals surface area contributed by atoms with Gasteiger partial charge in [0.2, 0.25) is 5.91 Å². The van der Waals surface area contributed by atoms with Crippen molar-refractivity contribution in [3.63, 3.8) is 0 Å². The molecular formula is C77H147NO5. The number of hydrogen-bond acceptors (Lipinski definition) is 5. The maximum atomic E-state index is 12.5. The molecule has 0 radical (unpaired) electrons. The predicted octanol–water partition coefficient (Wildman–Crippen LogP) is 24.7. The van der Waals surface area contributed by atoms with E-state index in [0.717, 1.165) is 51.4 Å². The van der Waals surface area contributed by atoms with Crippen LogP contribution in [0.25, 0.3) is 0 Å². The van der Waals surface area contributed by atoms with E-state index in [4.69, 9.17) is 4.74 Å². The molecule has 0 aromatic heterocycles. The highest BCUT2D eigenvalue weighted by Gasteiger charge is 2.20. The molecule has 0 aliphatic rings. The molecule has 0 rings (SSSR count). The first-order valence-electron chi connectivity index (χ1n) is 37.7. The van der Waals surface area contributed by atoms with E-state index in [0.29, 0.717) is 25.9 Å². The Kier molecular flexibility index (Phi) is 70.9. The average Bonchev–Trinajstić information content (AvgIpc) is 3.49. The Bertz CT molecular complexity index is 1340. The Morgan fingerprint density at radius 1 is 0.337 bits per heavy atom. The van der Waals surface area contributed by atoms with Crippen LogP contribution >= 0.6 is 0 Å². The summed E-state index contributed by atoms with van der Waals surface area (Å²) in [7, 11) is 0. The van der Waals surface area contributed by atoms with Gasteiger partial charge in [0.25, 0.3) is 0 Å². The Labute approximate surface area is 519 Å². The number of carbonyl (C=O) groups excluding carboxylic acids is 2. The summed E-state index contributed by atoms with van der Waals surface area (Å²) in [6, 6.07) is -0.540. The number of aliphatic hydroxyl groups excluding tert-OH is 2. The zero-order chi connectivity index (χ0) is 59.9. The van der Waals surface area contributed by atoms with Gasteiger partial charge in [0.05, 0.1) is 25.4 Å². The number of ether oxygens (including phenoxy) is 1. The molecule has 0 saturated carbocycles. The summed E-state index contributed by atoms with van der Waals surface area (Å²) in [5.41, 5.74) is 0. The largest absolute Gasteiger partial charge is 0.466 e. The average molecular weight is 1170 g/mol. The van der Waals surface area contributed by atoms with E-state index < -0.39 is 12.1 Å². The molecule has 1 amide bonds. The van der Waals surface area contributed by atoms with Crippen molar-refractivity contribution in [1.29, 1.82) is 0 Å². The number of carbonyl (C=O) groups is 2. The van der Waals surface area contributed by atoms with Gasteiger partial charge in [-0.15, -0.1) is 0 Å². The molecule has 0 aliphatic carbocycles. The number of unbranched alkanes of at least 4 members (excludes halogenated alkanes) is 54. The van der Waals surface area contributed by atoms with Gasteiger partial charge in [-0.25, -0.2) is 0 Å². The number of amides is 1. The van der Waals surface area contributed by atoms with Gasteiger partial charge in [-0.1, -0.05) is 359 Å². The number of esters is 1. The van der Waals surface area contributed by atoms with Gasteiger partial charge in [0.15, 0.2) is 0 Å². The van der Waals surface area contributed by atoms with E-state index in [-0.39, 0.29) is 18.5 Å². The van der Waals surface area contributed by atoms with E-state index in [1.54, 1.807) is 0 Å². The molecule has 6 nitrogen and oxygen atoms in total. The SMILES string of the molecule is CCCCC/C=C\CCCCCCCC(=O)OCCCCCCCCCCCCC/C=C\C/C=C\CCCCCCCCCCCCCCCCCCCC(=O)NC(CO)C(O)CCCCCCCCCCCCCCCCCCCCC. The van der Waals surface area contributed by atoms with Crippen molar-refractivity contribution in [3.05, 3.63) is 36.5 Å². The Balaban J connectivity index is 3.37. The fraction of sp³-hybridized carbons (Fsp3) is 0.896. The van der Waals surface area contributed by atoms with Crippen molar-refractivity contribution in [2.45, 2.75) is 431 Å². The molecule has 2 atom stereocenters. The fourth-order valence-corrected chi connectivity index (χ4v) is 11.9. The van der Waals surface area contributed by atoms with Gasteiger partial charge >= 0.3 is 5.97 Å². The number of hydrogen-bond donors (Lipinski definition) is 3. The Hall–Kier alpha value is -1.92. The summed E-state index contributed by atoms with van der Waals surface area (Å²) < 4.78 is 5.47. The van der Waals surface area contributed by atoms with Crippen LogP contribution in [0.1, 0.15) is 418 Å².